The zero-order valence-corrected chi connectivity index (χ0v) is 26.4. The van der Waals surface area contributed by atoms with E-state index >= 15 is 0 Å². The summed E-state index contributed by atoms with van der Waals surface area (Å²) >= 11 is 1.31. The molecule has 0 bridgehead atoms. The summed E-state index contributed by atoms with van der Waals surface area (Å²) in [5, 5.41) is 3.07. The zero-order chi connectivity index (χ0) is 31.5. The lowest BCUT2D eigenvalue weighted by Crippen LogP contribution is -2.40. The molecule has 0 saturated heterocycles. The molecule has 2 heterocycles. The number of nitrogens with zero attached hydrogens (tertiary/aromatic N) is 2. The van der Waals surface area contributed by atoms with Crippen molar-refractivity contribution in [1.82, 2.24) is 4.57 Å². The third-order valence-corrected chi connectivity index (χ3v) is 8.74. The number of nitrogens with one attached hydrogen (secondary N) is 1. The maximum absolute atomic E-state index is 14.1. The number of benzene rings is 4. The van der Waals surface area contributed by atoms with Crippen LogP contribution in [-0.2, 0) is 11.4 Å². The predicted octanol–water partition coefficient (Wildman–Crippen LogP) is 6.08. The van der Waals surface area contributed by atoms with Crippen LogP contribution in [0, 0.1) is 13.8 Å². The molecule has 8 heteroatoms. The smallest absolute Gasteiger partial charge is 0.271 e. The molecule has 1 aliphatic heterocycles. The van der Waals surface area contributed by atoms with E-state index in [2.05, 4.69) is 5.32 Å². The average molecular weight is 616 g/mol. The Morgan fingerprint density at radius 2 is 1.64 bits per heavy atom. The fraction of sp³-hybridized carbons (Fsp3) is 0.162. The van der Waals surface area contributed by atoms with Gasteiger partial charge in [-0.25, -0.2) is 4.99 Å². The third kappa shape index (κ3) is 6.37. The fourth-order valence-electron chi connectivity index (χ4n) is 5.41. The molecule has 1 amide bonds. The number of allylic oxidation sites excluding steroid dienone is 1. The van der Waals surface area contributed by atoms with Gasteiger partial charge in [0, 0.05) is 5.69 Å². The van der Waals surface area contributed by atoms with Crippen LogP contribution in [0.4, 0.5) is 5.69 Å². The summed E-state index contributed by atoms with van der Waals surface area (Å²) in [6.07, 6.45) is 1.85. The Morgan fingerprint density at radius 1 is 0.933 bits per heavy atom. The number of hydrogen-bond acceptors (Lipinski definition) is 6. The summed E-state index contributed by atoms with van der Waals surface area (Å²) in [4.78, 5) is 33.3. The predicted molar refractivity (Wildman–Crippen MR) is 179 cm³/mol. The van der Waals surface area contributed by atoms with Gasteiger partial charge in [-0.3, -0.25) is 14.2 Å². The second-order valence-electron chi connectivity index (χ2n) is 11.0. The average Bonchev–Trinajstić information content (AvgIpc) is 3.35. The number of fused-ring (bicyclic) bond motifs is 1. The molecule has 1 atom stereocenters. The van der Waals surface area contributed by atoms with Crippen molar-refractivity contribution in [1.29, 1.82) is 0 Å². The van der Waals surface area contributed by atoms with E-state index in [1.807, 2.05) is 124 Å². The van der Waals surface area contributed by atoms with Gasteiger partial charge < -0.3 is 14.8 Å². The van der Waals surface area contributed by atoms with E-state index in [0.717, 1.165) is 33.6 Å². The van der Waals surface area contributed by atoms with Gasteiger partial charge in [-0.2, -0.15) is 0 Å². The lowest BCUT2D eigenvalue weighted by Gasteiger charge is -2.25. The molecule has 226 valence electrons. The molecule has 7 nitrogen and oxygen atoms in total. The number of rotatable bonds is 8. The van der Waals surface area contributed by atoms with Gasteiger partial charge in [0.2, 0.25) is 0 Å². The normalized spacial score (nSPS) is 14.5. The van der Waals surface area contributed by atoms with Gasteiger partial charge >= 0.3 is 0 Å². The first-order valence-electron chi connectivity index (χ1n) is 14.6. The van der Waals surface area contributed by atoms with Crippen LogP contribution in [0.15, 0.2) is 118 Å². The number of carbonyl (C=O) groups excluding carboxylic acids is 1. The van der Waals surface area contributed by atoms with Gasteiger partial charge in [0.25, 0.3) is 11.5 Å². The van der Waals surface area contributed by atoms with E-state index in [0.29, 0.717) is 38.6 Å². The second kappa shape index (κ2) is 12.8. The highest BCUT2D eigenvalue weighted by atomic mass is 32.1. The van der Waals surface area contributed by atoms with Crippen LogP contribution in [0.2, 0.25) is 0 Å². The summed E-state index contributed by atoms with van der Waals surface area (Å²) < 4.78 is 13.4. The molecule has 5 aromatic rings. The number of ether oxygens (including phenoxy) is 2. The van der Waals surface area contributed by atoms with Crippen LogP contribution in [0.3, 0.4) is 0 Å². The number of methoxy groups -OCH3 is 1. The lowest BCUT2D eigenvalue weighted by atomic mass is 9.95. The zero-order valence-electron chi connectivity index (χ0n) is 25.5. The summed E-state index contributed by atoms with van der Waals surface area (Å²) in [6, 6.07) is 30.3. The molecule has 0 spiro atoms. The molecule has 0 unspecified atom stereocenters. The van der Waals surface area contributed by atoms with Crippen molar-refractivity contribution in [3.63, 3.8) is 0 Å². The Balaban J connectivity index is 1.36. The third-order valence-electron chi connectivity index (χ3n) is 7.75. The first-order chi connectivity index (χ1) is 21.8. The van der Waals surface area contributed by atoms with Gasteiger partial charge in [0.1, 0.15) is 18.1 Å². The molecule has 1 N–H and O–H groups in total. The van der Waals surface area contributed by atoms with Crippen LogP contribution >= 0.6 is 11.3 Å². The van der Waals surface area contributed by atoms with E-state index in [9.17, 15) is 9.59 Å². The molecular formula is C37H33N3O4S. The van der Waals surface area contributed by atoms with E-state index in [4.69, 9.17) is 14.5 Å². The number of aromatic nitrogens is 1. The van der Waals surface area contributed by atoms with Gasteiger partial charge in [0.05, 0.1) is 29.0 Å². The Labute approximate surface area is 265 Å². The van der Waals surface area contributed by atoms with E-state index < -0.39 is 6.04 Å². The molecule has 1 aliphatic rings. The van der Waals surface area contributed by atoms with Crippen molar-refractivity contribution in [2.75, 3.05) is 12.4 Å². The number of anilines is 1. The highest BCUT2D eigenvalue weighted by Crippen LogP contribution is 2.32. The minimum absolute atomic E-state index is 0.215. The molecule has 4 aromatic carbocycles. The second-order valence-corrected chi connectivity index (χ2v) is 12.0. The Bertz CT molecular complexity index is 2080. The fourth-order valence-corrected chi connectivity index (χ4v) is 6.46. The Morgan fingerprint density at radius 3 is 2.33 bits per heavy atom. The van der Waals surface area contributed by atoms with Crippen LogP contribution in [0.1, 0.15) is 40.8 Å². The summed E-state index contributed by atoms with van der Waals surface area (Å²) in [5.41, 5.74) is 6.27. The molecule has 0 fully saturated rings. The number of thiazole rings is 1. The summed E-state index contributed by atoms with van der Waals surface area (Å²) in [5.74, 6) is 1.13. The van der Waals surface area contributed by atoms with Crippen molar-refractivity contribution in [3.8, 4) is 11.5 Å². The van der Waals surface area contributed by atoms with Crippen molar-refractivity contribution >= 4 is 29.0 Å². The summed E-state index contributed by atoms with van der Waals surface area (Å²) in [7, 11) is 1.60. The summed E-state index contributed by atoms with van der Waals surface area (Å²) in [6.45, 7) is 6.27. The van der Waals surface area contributed by atoms with Crippen LogP contribution < -0.4 is 29.7 Å². The highest BCUT2D eigenvalue weighted by Gasteiger charge is 2.32. The minimum Gasteiger partial charge on any atom is -0.497 e. The number of hydrogen-bond donors (Lipinski definition) is 1. The van der Waals surface area contributed by atoms with Crippen molar-refractivity contribution in [2.24, 2.45) is 4.99 Å². The molecule has 45 heavy (non-hydrogen) atoms. The Kier molecular flexibility index (Phi) is 8.49. The minimum atomic E-state index is -0.672. The first kappa shape index (κ1) is 29.8. The van der Waals surface area contributed by atoms with Crippen molar-refractivity contribution in [3.05, 3.63) is 156 Å². The first-order valence-corrected chi connectivity index (χ1v) is 15.4. The maximum atomic E-state index is 14.1. The SMILES string of the molecule is COc1ccc([C@@H]2C(C(=O)Nc3ccc(C)cc3C)=C(C)N=c3s/c(=C/c4ccc(OCc5ccccc5)cc4)c(=O)n32)cc1. The van der Waals surface area contributed by atoms with Gasteiger partial charge in [-0.15, -0.1) is 0 Å². The molecule has 6 rings (SSSR count). The van der Waals surface area contributed by atoms with E-state index in [1.165, 1.54) is 11.3 Å². The highest BCUT2D eigenvalue weighted by molar-refractivity contribution is 7.07. The number of carbonyl (C=O) groups is 1. The van der Waals surface area contributed by atoms with Crippen molar-refractivity contribution in [2.45, 2.75) is 33.4 Å². The van der Waals surface area contributed by atoms with Crippen LogP contribution in [-0.4, -0.2) is 17.6 Å². The van der Waals surface area contributed by atoms with Gasteiger partial charge in [0.15, 0.2) is 4.80 Å². The van der Waals surface area contributed by atoms with Gasteiger partial charge in [-0.1, -0.05) is 83.6 Å². The maximum Gasteiger partial charge on any atom is 0.271 e. The Hall–Kier alpha value is -5.21. The van der Waals surface area contributed by atoms with E-state index in [1.54, 1.807) is 11.7 Å². The molecule has 1 aromatic heterocycles. The standard InChI is InChI=1S/C37H33N3O4S/c1-23-10-19-31(24(2)20-23)39-35(41)33-25(3)38-37-40(34(33)28-13-17-29(43-4)18-14-28)36(42)32(45-37)21-26-11-15-30(16-12-26)44-22-27-8-6-5-7-9-27/h5-21,34H,22H2,1-4H3,(H,39,41)/b32-21+/t34-/m1/s1. The molecular weight excluding hydrogens is 582 g/mol. The number of aryl methyl sites for hydroxylation is 2. The van der Waals surface area contributed by atoms with Gasteiger partial charge in [-0.05, 0) is 79.4 Å². The van der Waals surface area contributed by atoms with Crippen molar-refractivity contribution < 1.29 is 14.3 Å². The lowest BCUT2D eigenvalue weighted by molar-refractivity contribution is -0.113. The largest absolute Gasteiger partial charge is 0.497 e. The monoisotopic (exact) mass is 615 g/mol. The van der Waals surface area contributed by atoms with E-state index in [-0.39, 0.29) is 11.5 Å². The molecule has 0 saturated carbocycles. The molecule has 0 radical (unpaired) electrons. The quantitative estimate of drug-likeness (QED) is 0.230. The number of amides is 1. The molecule has 0 aliphatic carbocycles. The topological polar surface area (TPSA) is 81.9 Å². The van der Waals surface area contributed by atoms with Crippen LogP contribution in [0.5, 0.6) is 11.5 Å². The van der Waals surface area contributed by atoms with Crippen LogP contribution in [0.25, 0.3) is 6.08 Å².